The smallest absolute Gasteiger partial charge is 0.214 e. The number of H-pyrrole nitrogens is 1. The van der Waals surface area contributed by atoms with E-state index in [0.717, 1.165) is 15.6 Å². The summed E-state index contributed by atoms with van der Waals surface area (Å²) >= 11 is 20.8. The second kappa shape index (κ2) is 8.97. The summed E-state index contributed by atoms with van der Waals surface area (Å²) in [5.41, 5.74) is 4.95. The van der Waals surface area contributed by atoms with Crippen molar-refractivity contribution in [3.8, 4) is 11.5 Å². The number of nitrogens with one attached hydrogen (secondary N) is 2. The Hall–Kier alpha value is -1.74. The number of nitrogens with zero attached hydrogens (tertiary/aromatic N) is 2. The summed E-state index contributed by atoms with van der Waals surface area (Å²) in [6.07, 6.45) is 1.57. The highest BCUT2D eigenvalue weighted by Gasteiger charge is 2.12. The zero-order chi connectivity index (χ0) is 19.4. The van der Waals surface area contributed by atoms with Crippen LogP contribution < -0.4 is 14.9 Å². The lowest BCUT2D eigenvalue weighted by Crippen LogP contribution is -2.14. The van der Waals surface area contributed by atoms with Crippen molar-refractivity contribution in [3.05, 3.63) is 67.1 Å². The van der Waals surface area contributed by atoms with E-state index in [4.69, 9.17) is 44.9 Å². The standard InChI is InChI=1S/C17H15BrCl2N4O2S/c1-25-15-4-11(7-22-24-9-21-23-17(24)27)13(18)6-16(15)26-8-10-2-3-12(19)5-14(10)20/h2-6,9,22H,7-8H2,1H3,(H,23,27). The van der Waals surface area contributed by atoms with Gasteiger partial charge in [0.15, 0.2) is 11.5 Å². The predicted molar refractivity (Wildman–Crippen MR) is 112 cm³/mol. The van der Waals surface area contributed by atoms with E-state index in [1.807, 2.05) is 18.2 Å². The van der Waals surface area contributed by atoms with Crippen molar-refractivity contribution in [1.29, 1.82) is 0 Å². The molecule has 10 heteroatoms. The van der Waals surface area contributed by atoms with E-state index in [1.165, 1.54) is 0 Å². The molecule has 0 amide bonds. The third kappa shape index (κ3) is 4.95. The molecule has 0 spiro atoms. The van der Waals surface area contributed by atoms with Crippen molar-refractivity contribution >= 4 is 51.3 Å². The molecule has 0 aliphatic heterocycles. The van der Waals surface area contributed by atoms with Crippen LogP contribution in [-0.2, 0) is 13.2 Å². The van der Waals surface area contributed by atoms with Crippen LogP contribution in [0.4, 0.5) is 0 Å². The quantitative estimate of drug-likeness (QED) is 0.438. The minimum absolute atomic E-state index is 0.292. The SMILES string of the molecule is COc1cc(CNn2cn[nH]c2=S)c(Br)cc1OCc1ccc(Cl)cc1Cl. The molecule has 27 heavy (non-hydrogen) atoms. The van der Waals surface area contributed by atoms with Gasteiger partial charge < -0.3 is 14.9 Å². The summed E-state index contributed by atoms with van der Waals surface area (Å²) in [5.74, 6) is 1.20. The predicted octanol–water partition coefficient (Wildman–Crippen LogP) is 5.34. The molecule has 1 heterocycles. The van der Waals surface area contributed by atoms with Crippen LogP contribution in [0.2, 0.25) is 10.0 Å². The highest BCUT2D eigenvalue weighted by atomic mass is 79.9. The normalized spacial score (nSPS) is 10.7. The van der Waals surface area contributed by atoms with Crippen LogP contribution in [0.5, 0.6) is 11.5 Å². The van der Waals surface area contributed by atoms with Gasteiger partial charge in [-0.3, -0.25) is 5.10 Å². The van der Waals surface area contributed by atoms with Gasteiger partial charge in [-0.25, -0.2) is 4.68 Å². The Labute approximate surface area is 179 Å². The summed E-state index contributed by atoms with van der Waals surface area (Å²) in [7, 11) is 1.59. The van der Waals surface area contributed by atoms with E-state index in [9.17, 15) is 0 Å². The van der Waals surface area contributed by atoms with Crippen molar-refractivity contribution in [1.82, 2.24) is 14.9 Å². The first-order valence-corrected chi connectivity index (χ1v) is 9.72. The fourth-order valence-corrected chi connectivity index (χ4v) is 3.40. The van der Waals surface area contributed by atoms with Crippen molar-refractivity contribution in [2.75, 3.05) is 12.5 Å². The molecule has 6 nitrogen and oxygen atoms in total. The average molecular weight is 490 g/mol. The first-order chi connectivity index (χ1) is 13.0. The zero-order valence-electron chi connectivity index (χ0n) is 14.1. The largest absolute Gasteiger partial charge is 0.493 e. The third-order valence-electron chi connectivity index (χ3n) is 3.72. The molecule has 3 aromatic rings. The molecule has 2 N–H and O–H groups in total. The van der Waals surface area contributed by atoms with E-state index >= 15 is 0 Å². The summed E-state index contributed by atoms with van der Waals surface area (Å²) in [6.45, 7) is 0.800. The molecule has 2 aromatic carbocycles. The summed E-state index contributed by atoms with van der Waals surface area (Å²) in [4.78, 5) is 0. The number of methoxy groups -OCH3 is 1. The van der Waals surface area contributed by atoms with Gasteiger partial charge in [-0.2, -0.15) is 5.10 Å². The minimum Gasteiger partial charge on any atom is -0.493 e. The van der Waals surface area contributed by atoms with Crippen LogP contribution in [0, 0.1) is 4.77 Å². The van der Waals surface area contributed by atoms with Crippen molar-refractivity contribution < 1.29 is 9.47 Å². The Balaban J connectivity index is 1.75. The number of ether oxygens (including phenoxy) is 2. The highest BCUT2D eigenvalue weighted by Crippen LogP contribution is 2.34. The van der Waals surface area contributed by atoms with Crippen molar-refractivity contribution in [2.45, 2.75) is 13.2 Å². The average Bonchev–Trinajstić information content (AvgIpc) is 3.05. The molecule has 0 aliphatic rings. The van der Waals surface area contributed by atoms with E-state index in [1.54, 1.807) is 30.2 Å². The number of aromatic amines is 1. The fraction of sp³-hybridized carbons (Fsp3) is 0.176. The van der Waals surface area contributed by atoms with E-state index in [-0.39, 0.29) is 0 Å². The molecule has 0 unspecified atom stereocenters. The Morgan fingerprint density at radius 2 is 2.04 bits per heavy atom. The lowest BCUT2D eigenvalue weighted by molar-refractivity contribution is 0.284. The molecule has 0 saturated carbocycles. The van der Waals surface area contributed by atoms with Crippen LogP contribution in [0.3, 0.4) is 0 Å². The molecule has 3 rings (SSSR count). The molecular formula is C17H15BrCl2N4O2S. The molecule has 142 valence electrons. The molecule has 1 aromatic heterocycles. The molecule has 0 bridgehead atoms. The fourth-order valence-electron chi connectivity index (χ4n) is 2.31. The van der Waals surface area contributed by atoms with E-state index < -0.39 is 0 Å². The van der Waals surface area contributed by atoms with Crippen LogP contribution in [0.1, 0.15) is 11.1 Å². The second-order valence-electron chi connectivity index (χ2n) is 5.49. The van der Waals surface area contributed by atoms with Gasteiger partial charge in [0.25, 0.3) is 0 Å². The minimum atomic E-state index is 0.292. The molecule has 0 fully saturated rings. The maximum absolute atomic E-state index is 6.20. The Morgan fingerprint density at radius 3 is 2.70 bits per heavy atom. The molecule has 0 saturated heterocycles. The second-order valence-corrected chi connectivity index (χ2v) is 7.57. The van der Waals surface area contributed by atoms with Crippen molar-refractivity contribution in [2.24, 2.45) is 0 Å². The van der Waals surface area contributed by atoms with Gasteiger partial charge in [0.1, 0.15) is 12.9 Å². The van der Waals surface area contributed by atoms with Crippen molar-refractivity contribution in [3.63, 3.8) is 0 Å². The van der Waals surface area contributed by atoms with Crippen LogP contribution in [-0.4, -0.2) is 22.0 Å². The number of aromatic nitrogens is 3. The summed E-state index contributed by atoms with van der Waals surface area (Å²) in [5, 5.41) is 7.68. The van der Waals surface area contributed by atoms with Gasteiger partial charge in [-0.05, 0) is 42.0 Å². The number of hydrogen-bond donors (Lipinski definition) is 2. The van der Waals surface area contributed by atoms with Gasteiger partial charge in [-0.1, -0.05) is 45.2 Å². The van der Waals surface area contributed by atoms with E-state index in [2.05, 4.69) is 31.6 Å². The Morgan fingerprint density at radius 1 is 1.22 bits per heavy atom. The molecular weight excluding hydrogens is 475 g/mol. The lowest BCUT2D eigenvalue weighted by Gasteiger charge is -2.15. The van der Waals surface area contributed by atoms with Crippen LogP contribution >= 0.6 is 51.3 Å². The number of benzene rings is 2. The first-order valence-electron chi connectivity index (χ1n) is 7.77. The number of rotatable bonds is 7. The highest BCUT2D eigenvalue weighted by molar-refractivity contribution is 9.10. The lowest BCUT2D eigenvalue weighted by atomic mass is 10.2. The zero-order valence-corrected chi connectivity index (χ0v) is 18.0. The summed E-state index contributed by atoms with van der Waals surface area (Å²) in [6, 6.07) is 9.03. The van der Waals surface area contributed by atoms with E-state index in [0.29, 0.717) is 39.5 Å². The summed E-state index contributed by atoms with van der Waals surface area (Å²) < 4.78 is 14.3. The Kier molecular flexibility index (Phi) is 6.64. The first kappa shape index (κ1) is 20.0. The third-order valence-corrected chi connectivity index (χ3v) is 5.34. The number of hydrogen-bond acceptors (Lipinski definition) is 5. The van der Waals surface area contributed by atoms with Gasteiger partial charge in [0, 0.05) is 20.1 Å². The number of halogens is 3. The van der Waals surface area contributed by atoms with Gasteiger partial charge in [-0.15, -0.1) is 0 Å². The molecule has 0 aliphatic carbocycles. The van der Waals surface area contributed by atoms with Gasteiger partial charge in [0.05, 0.1) is 13.7 Å². The molecule has 0 radical (unpaired) electrons. The monoisotopic (exact) mass is 488 g/mol. The van der Waals surface area contributed by atoms with Gasteiger partial charge in [0.2, 0.25) is 4.77 Å². The Bertz CT molecular complexity index is 1010. The molecule has 0 atom stereocenters. The van der Waals surface area contributed by atoms with Gasteiger partial charge >= 0.3 is 0 Å². The maximum Gasteiger partial charge on any atom is 0.214 e. The van der Waals surface area contributed by atoms with Crippen LogP contribution in [0.15, 0.2) is 41.1 Å². The topological polar surface area (TPSA) is 64.1 Å². The van der Waals surface area contributed by atoms with Crippen LogP contribution in [0.25, 0.3) is 0 Å². The maximum atomic E-state index is 6.20.